The van der Waals surface area contributed by atoms with E-state index in [1.807, 2.05) is 25.1 Å². The van der Waals surface area contributed by atoms with E-state index in [1.54, 1.807) is 6.07 Å². The van der Waals surface area contributed by atoms with Gasteiger partial charge < -0.3 is 10.2 Å². The van der Waals surface area contributed by atoms with E-state index in [2.05, 4.69) is 0 Å². The SMILES string of the molecule is Cc1ccc2oc(C(N)c3c(F)cccc3F)cc2c1. The fourth-order valence-corrected chi connectivity index (χ4v) is 2.29. The molecule has 0 aliphatic rings. The molecule has 3 aromatic rings. The van der Waals surface area contributed by atoms with Crippen LogP contribution in [-0.2, 0) is 0 Å². The Balaban J connectivity index is 2.10. The lowest BCUT2D eigenvalue weighted by atomic mass is 10.0. The largest absolute Gasteiger partial charge is 0.459 e. The van der Waals surface area contributed by atoms with E-state index in [1.165, 1.54) is 18.2 Å². The molecule has 2 nitrogen and oxygen atoms in total. The summed E-state index contributed by atoms with van der Waals surface area (Å²) in [4.78, 5) is 0. The molecule has 0 aliphatic heterocycles. The first-order valence-electron chi connectivity index (χ1n) is 6.26. The fraction of sp³-hybridized carbons (Fsp3) is 0.125. The van der Waals surface area contributed by atoms with Gasteiger partial charge in [0.25, 0.3) is 0 Å². The Morgan fingerprint density at radius 2 is 1.75 bits per heavy atom. The molecule has 3 rings (SSSR count). The molecule has 0 saturated heterocycles. The van der Waals surface area contributed by atoms with E-state index < -0.39 is 17.7 Å². The summed E-state index contributed by atoms with van der Waals surface area (Å²) >= 11 is 0. The lowest BCUT2D eigenvalue weighted by Crippen LogP contribution is -2.14. The summed E-state index contributed by atoms with van der Waals surface area (Å²) in [6, 6.07) is 10.1. The van der Waals surface area contributed by atoms with E-state index in [0.29, 0.717) is 11.3 Å². The Bertz CT molecular complexity index is 759. The Labute approximate surface area is 114 Å². The second-order valence-electron chi connectivity index (χ2n) is 4.80. The molecule has 20 heavy (non-hydrogen) atoms. The van der Waals surface area contributed by atoms with Crippen LogP contribution in [0.1, 0.15) is 22.9 Å². The van der Waals surface area contributed by atoms with Crippen LogP contribution in [0.4, 0.5) is 8.78 Å². The zero-order valence-corrected chi connectivity index (χ0v) is 10.9. The molecule has 0 fully saturated rings. The minimum absolute atomic E-state index is 0.178. The summed E-state index contributed by atoms with van der Waals surface area (Å²) in [5.74, 6) is -1.00. The zero-order chi connectivity index (χ0) is 14.3. The third-order valence-corrected chi connectivity index (χ3v) is 3.31. The van der Waals surface area contributed by atoms with E-state index in [9.17, 15) is 8.78 Å². The predicted molar refractivity (Wildman–Crippen MR) is 73.3 cm³/mol. The molecule has 2 N–H and O–H groups in total. The van der Waals surface area contributed by atoms with Crippen molar-refractivity contribution in [2.45, 2.75) is 13.0 Å². The third kappa shape index (κ3) is 2.08. The molecule has 0 spiro atoms. The molecule has 0 aliphatic carbocycles. The predicted octanol–water partition coefficient (Wildman–Crippen LogP) is 4.07. The highest BCUT2D eigenvalue weighted by atomic mass is 19.1. The molecule has 1 aromatic heterocycles. The first-order valence-corrected chi connectivity index (χ1v) is 6.26. The number of aryl methyl sites for hydroxylation is 1. The second kappa shape index (κ2) is 4.72. The van der Waals surface area contributed by atoms with Crippen molar-refractivity contribution >= 4 is 11.0 Å². The molecule has 0 saturated carbocycles. The zero-order valence-electron chi connectivity index (χ0n) is 10.9. The number of fused-ring (bicyclic) bond motifs is 1. The lowest BCUT2D eigenvalue weighted by molar-refractivity contribution is 0.487. The van der Waals surface area contributed by atoms with E-state index >= 15 is 0 Å². The van der Waals surface area contributed by atoms with Crippen molar-refractivity contribution in [2.24, 2.45) is 5.73 Å². The van der Waals surface area contributed by atoms with Gasteiger partial charge in [0.2, 0.25) is 0 Å². The van der Waals surface area contributed by atoms with Crippen LogP contribution in [0.3, 0.4) is 0 Å². The highest BCUT2D eigenvalue weighted by Gasteiger charge is 2.21. The van der Waals surface area contributed by atoms with Crippen LogP contribution in [0, 0.1) is 18.6 Å². The number of rotatable bonds is 2. The van der Waals surface area contributed by atoms with Gasteiger partial charge in [-0.3, -0.25) is 0 Å². The number of furan rings is 1. The summed E-state index contributed by atoms with van der Waals surface area (Å²) < 4.78 is 33.1. The summed E-state index contributed by atoms with van der Waals surface area (Å²) in [5.41, 5.74) is 7.50. The molecule has 0 bridgehead atoms. The highest BCUT2D eigenvalue weighted by molar-refractivity contribution is 5.78. The Hall–Kier alpha value is -2.20. The minimum Gasteiger partial charge on any atom is -0.459 e. The van der Waals surface area contributed by atoms with E-state index in [-0.39, 0.29) is 5.56 Å². The van der Waals surface area contributed by atoms with Gasteiger partial charge >= 0.3 is 0 Å². The van der Waals surface area contributed by atoms with Crippen molar-refractivity contribution in [3.05, 3.63) is 71.0 Å². The maximum Gasteiger partial charge on any atom is 0.134 e. The maximum atomic E-state index is 13.7. The van der Waals surface area contributed by atoms with Crippen LogP contribution in [0.15, 0.2) is 46.9 Å². The Morgan fingerprint density at radius 1 is 1.05 bits per heavy atom. The first-order chi connectivity index (χ1) is 9.56. The monoisotopic (exact) mass is 273 g/mol. The molecule has 1 heterocycles. The number of benzene rings is 2. The van der Waals surface area contributed by atoms with E-state index in [4.69, 9.17) is 10.2 Å². The minimum atomic E-state index is -0.969. The van der Waals surface area contributed by atoms with Gasteiger partial charge in [-0.2, -0.15) is 0 Å². The van der Waals surface area contributed by atoms with Gasteiger partial charge in [0.1, 0.15) is 23.0 Å². The lowest BCUT2D eigenvalue weighted by Gasteiger charge is -2.11. The van der Waals surface area contributed by atoms with Gasteiger partial charge in [-0.05, 0) is 37.3 Å². The fourth-order valence-electron chi connectivity index (χ4n) is 2.29. The topological polar surface area (TPSA) is 39.2 Å². The Morgan fingerprint density at radius 3 is 2.45 bits per heavy atom. The number of nitrogens with two attached hydrogens (primary N) is 1. The van der Waals surface area contributed by atoms with Crippen molar-refractivity contribution in [1.82, 2.24) is 0 Å². The number of halogens is 2. The summed E-state index contributed by atoms with van der Waals surface area (Å²) in [6.45, 7) is 1.96. The van der Waals surface area contributed by atoms with Crippen molar-refractivity contribution in [2.75, 3.05) is 0 Å². The Kier molecular flexibility index (Phi) is 3.03. The molecule has 102 valence electrons. The quantitative estimate of drug-likeness (QED) is 0.764. The second-order valence-corrected chi connectivity index (χ2v) is 4.80. The van der Waals surface area contributed by atoms with Crippen LogP contribution in [-0.4, -0.2) is 0 Å². The molecular weight excluding hydrogens is 260 g/mol. The molecule has 0 amide bonds. The van der Waals surface area contributed by atoms with E-state index in [0.717, 1.165) is 10.9 Å². The highest BCUT2D eigenvalue weighted by Crippen LogP contribution is 2.29. The van der Waals surface area contributed by atoms with Gasteiger partial charge in [-0.1, -0.05) is 17.7 Å². The van der Waals surface area contributed by atoms with Crippen molar-refractivity contribution < 1.29 is 13.2 Å². The average molecular weight is 273 g/mol. The number of hydrogen-bond donors (Lipinski definition) is 1. The van der Waals surface area contributed by atoms with Gasteiger partial charge in [0.15, 0.2) is 0 Å². The molecule has 1 atom stereocenters. The van der Waals surface area contributed by atoms with Crippen LogP contribution in [0.25, 0.3) is 11.0 Å². The molecule has 0 radical (unpaired) electrons. The average Bonchev–Trinajstić information content (AvgIpc) is 2.81. The van der Waals surface area contributed by atoms with Crippen molar-refractivity contribution in [1.29, 1.82) is 0 Å². The normalized spacial score (nSPS) is 12.8. The van der Waals surface area contributed by atoms with Gasteiger partial charge in [-0.15, -0.1) is 0 Å². The number of hydrogen-bond acceptors (Lipinski definition) is 2. The smallest absolute Gasteiger partial charge is 0.134 e. The van der Waals surface area contributed by atoms with Crippen LogP contribution >= 0.6 is 0 Å². The van der Waals surface area contributed by atoms with Gasteiger partial charge in [0, 0.05) is 10.9 Å². The van der Waals surface area contributed by atoms with Crippen LogP contribution < -0.4 is 5.73 Å². The third-order valence-electron chi connectivity index (χ3n) is 3.31. The maximum absolute atomic E-state index is 13.7. The van der Waals surface area contributed by atoms with Crippen LogP contribution in [0.2, 0.25) is 0 Å². The molecule has 2 aromatic carbocycles. The molecule has 4 heteroatoms. The molecule has 1 unspecified atom stereocenters. The summed E-state index contributed by atoms with van der Waals surface area (Å²) in [5, 5.41) is 0.868. The van der Waals surface area contributed by atoms with Gasteiger partial charge in [-0.25, -0.2) is 8.78 Å². The van der Waals surface area contributed by atoms with Gasteiger partial charge in [0.05, 0.1) is 6.04 Å². The molecular formula is C16H13F2NO. The standard InChI is InChI=1S/C16H13F2NO/c1-9-5-6-13-10(7-9)8-14(20-13)16(19)15-11(17)3-2-4-12(15)18/h2-8,16H,19H2,1H3. The summed E-state index contributed by atoms with van der Waals surface area (Å²) in [6.07, 6.45) is 0. The van der Waals surface area contributed by atoms with Crippen molar-refractivity contribution in [3.8, 4) is 0 Å². The summed E-state index contributed by atoms with van der Waals surface area (Å²) in [7, 11) is 0. The van der Waals surface area contributed by atoms with Crippen molar-refractivity contribution in [3.63, 3.8) is 0 Å². The van der Waals surface area contributed by atoms with Crippen LogP contribution in [0.5, 0.6) is 0 Å². The first kappa shape index (κ1) is 12.8.